The first-order valence-corrected chi connectivity index (χ1v) is 8.28. The quantitative estimate of drug-likeness (QED) is 0.922. The van der Waals surface area contributed by atoms with Gasteiger partial charge < -0.3 is 10.6 Å². The predicted molar refractivity (Wildman–Crippen MR) is 90.9 cm³/mol. The lowest BCUT2D eigenvalue weighted by Crippen LogP contribution is -2.55. The average molecular weight is 328 g/mol. The highest BCUT2D eigenvalue weighted by atomic mass is 16.2. The fourth-order valence-electron chi connectivity index (χ4n) is 3.02. The number of nitrogens with zero attached hydrogens (tertiary/aromatic N) is 5. The van der Waals surface area contributed by atoms with Crippen molar-refractivity contribution in [2.45, 2.75) is 39.3 Å². The number of benzene rings is 1. The van der Waals surface area contributed by atoms with Gasteiger partial charge in [0.15, 0.2) is 0 Å². The maximum atomic E-state index is 12.8. The van der Waals surface area contributed by atoms with Crippen LogP contribution in [-0.4, -0.2) is 50.1 Å². The van der Waals surface area contributed by atoms with E-state index in [0.29, 0.717) is 18.9 Å². The molecule has 0 aliphatic carbocycles. The third kappa shape index (κ3) is 3.17. The minimum Gasteiger partial charge on any atom is -0.340 e. The van der Waals surface area contributed by atoms with Crippen molar-refractivity contribution in [2.75, 3.05) is 13.1 Å². The molecule has 2 heterocycles. The van der Waals surface area contributed by atoms with E-state index in [1.807, 2.05) is 35.2 Å². The van der Waals surface area contributed by atoms with Crippen LogP contribution < -0.4 is 5.73 Å². The summed E-state index contributed by atoms with van der Waals surface area (Å²) in [6.07, 6.45) is 0.811. The van der Waals surface area contributed by atoms with Gasteiger partial charge in [-0.25, -0.2) is 0 Å². The molecule has 128 valence electrons. The first-order valence-electron chi connectivity index (χ1n) is 8.28. The molecule has 3 rings (SSSR count). The van der Waals surface area contributed by atoms with Gasteiger partial charge in [0, 0.05) is 24.7 Å². The number of hydrogen-bond acceptors (Lipinski definition) is 5. The number of tetrazole rings is 1. The van der Waals surface area contributed by atoms with Crippen LogP contribution in [0.2, 0.25) is 0 Å². The Kier molecular flexibility index (Phi) is 4.36. The van der Waals surface area contributed by atoms with Gasteiger partial charge >= 0.3 is 0 Å². The Labute approximate surface area is 141 Å². The van der Waals surface area contributed by atoms with Crippen LogP contribution in [0.1, 0.15) is 33.2 Å². The number of carbonyl (C=O) groups excluding carboxylic acids is 1. The average Bonchev–Trinajstić information content (AvgIpc) is 3.07. The minimum absolute atomic E-state index is 0.00647. The molecule has 0 radical (unpaired) electrons. The molecule has 2 unspecified atom stereocenters. The van der Waals surface area contributed by atoms with E-state index < -0.39 is 6.04 Å². The third-order valence-electron chi connectivity index (χ3n) is 4.79. The molecule has 7 nitrogen and oxygen atoms in total. The third-order valence-corrected chi connectivity index (χ3v) is 4.79. The van der Waals surface area contributed by atoms with Crippen molar-refractivity contribution in [3.63, 3.8) is 0 Å². The topological polar surface area (TPSA) is 89.9 Å². The molecule has 1 saturated heterocycles. The van der Waals surface area contributed by atoms with E-state index in [2.05, 4.69) is 29.3 Å². The first-order chi connectivity index (χ1) is 11.4. The number of likely N-dealkylation sites (tertiary alicyclic amines) is 1. The van der Waals surface area contributed by atoms with Crippen LogP contribution in [0, 0.1) is 5.41 Å². The zero-order chi connectivity index (χ0) is 17.3. The van der Waals surface area contributed by atoms with Gasteiger partial charge in [-0.3, -0.25) is 4.79 Å². The van der Waals surface area contributed by atoms with Crippen molar-refractivity contribution in [3.05, 3.63) is 30.3 Å². The Balaban J connectivity index is 1.74. The second-order valence-electron chi connectivity index (χ2n) is 7.12. The van der Waals surface area contributed by atoms with Crippen LogP contribution in [0.15, 0.2) is 30.3 Å². The van der Waals surface area contributed by atoms with Gasteiger partial charge in [0.1, 0.15) is 6.04 Å². The highest BCUT2D eigenvalue weighted by molar-refractivity contribution is 5.80. The number of rotatable bonds is 3. The molecule has 0 saturated carbocycles. The van der Waals surface area contributed by atoms with Gasteiger partial charge in [0.2, 0.25) is 11.7 Å². The van der Waals surface area contributed by atoms with Gasteiger partial charge in [-0.1, -0.05) is 44.2 Å². The number of nitrogens with two attached hydrogens (primary N) is 1. The van der Waals surface area contributed by atoms with Crippen molar-refractivity contribution in [2.24, 2.45) is 11.1 Å². The molecule has 1 aromatic carbocycles. The van der Waals surface area contributed by atoms with Gasteiger partial charge in [-0.15, -0.1) is 10.2 Å². The zero-order valence-corrected chi connectivity index (χ0v) is 14.4. The van der Waals surface area contributed by atoms with Gasteiger partial charge in [-0.05, 0) is 24.0 Å². The summed E-state index contributed by atoms with van der Waals surface area (Å²) >= 11 is 0. The highest BCUT2D eigenvalue weighted by Crippen LogP contribution is 2.29. The summed E-state index contributed by atoms with van der Waals surface area (Å²) in [6, 6.07) is 9.24. The lowest BCUT2D eigenvalue weighted by atomic mass is 9.79. The minimum atomic E-state index is -0.486. The fourth-order valence-corrected chi connectivity index (χ4v) is 3.02. The van der Waals surface area contributed by atoms with Crippen molar-refractivity contribution in [1.29, 1.82) is 0 Å². The van der Waals surface area contributed by atoms with Gasteiger partial charge in [-0.2, -0.15) is 4.80 Å². The number of carbonyl (C=O) groups is 1. The van der Waals surface area contributed by atoms with Crippen molar-refractivity contribution >= 4 is 5.91 Å². The van der Waals surface area contributed by atoms with Crippen LogP contribution in [0.4, 0.5) is 0 Å². The molecule has 1 aromatic heterocycles. The molecular formula is C17H24N6O. The van der Waals surface area contributed by atoms with E-state index >= 15 is 0 Å². The van der Waals surface area contributed by atoms with Gasteiger partial charge in [0.25, 0.3) is 0 Å². The fraction of sp³-hybridized carbons (Fsp3) is 0.529. The molecule has 1 aliphatic rings. The van der Waals surface area contributed by atoms with Crippen molar-refractivity contribution in [1.82, 2.24) is 25.1 Å². The molecule has 2 N–H and O–H groups in total. The lowest BCUT2D eigenvalue weighted by molar-refractivity contribution is -0.138. The molecule has 7 heteroatoms. The maximum absolute atomic E-state index is 12.8. The monoisotopic (exact) mass is 328 g/mol. The molecule has 1 aliphatic heterocycles. The zero-order valence-electron chi connectivity index (χ0n) is 14.4. The largest absolute Gasteiger partial charge is 0.340 e. The smallest absolute Gasteiger partial charge is 0.249 e. The number of amides is 1. The van der Waals surface area contributed by atoms with E-state index in [0.717, 1.165) is 12.0 Å². The molecular weight excluding hydrogens is 304 g/mol. The Bertz CT molecular complexity index is 711. The SMILES string of the molecule is CC(C(=O)N1CCC(N)C(C)(C)C1)n1nnc(-c2ccccc2)n1. The number of hydrogen-bond donors (Lipinski definition) is 1. The van der Waals surface area contributed by atoms with E-state index in [1.54, 1.807) is 6.92 Å². The van der Waals surface area contributed by atoms with Crippen LogP contribution in [0.3, 0.4) is 0 Å². The summed E-state index contributed by atoms with van der Waals surface area (Å²) in [7, 11) is 0. The number of piperidine rings is 1. The lowest BCUT2D eigenvalue weighted by Gasteiger charge is -2.43. The molecule has 1 amide bonds. The first kappa shape index (κ1) is 16.6. The molecule has 0 bridgehead atoms. The summed E-state index contributed by atoms with van der Waals surface area (Å²) in [4.78, 5) is 16.1. The molecule has 2 atom stereocenters. The van der Waals surface area contributed by atoms with E-state index in [1.165, 1.54) is 4.80 Å². The maximum Gasteiger partial charge on any atom is 0.249 e. The molecule has 24 heavy (non-hydrogen) atoms. The Morgan fingerprint density at radius 2 is 2.04 bits per heavy atom. The van der Waals surface area contributed by atoms with Crippen LogP contribution >= 0.6 is 0 Å². The predicted octanol–water partition coefficient (Wildman–Crippen LogP) is 1.49. The Morgan fingerprint density at radius 3 is 2.71 bits per heavy atom. The molecule has 1 fully saturated rings. The van der Waals surface area contributed by atoms with Crippen LogP contribution in [-0.2, 0) is 4.79 Å². The van der Waals surface area contributed by atoms with Gasteiger partial charge in [0.05, 0.1) is 0 Å². The second-order valence-corrected chi connectivity index (χ2v) is 7.12. The summed E-state index contributed by atoms with van der Waals surface area (Å²) in [5.74, 6) is 0.531. The normalized spacial score (nSPS) is 21.5. The summed E-state index contributed by atoms with van der Waals surface area (Å²) in [5.41, 5.74) is 6.95. The van der Waals surface area contributed by atoms with Crippen molar-refractivity contribution < 1.29 is 4.79 Å². The Hall–Kier alpha value is -2.28. The second kappa shape index (κ2) is 6.32. The standard InChI is InChI=1S/C17H24N6O/c1-12(16(24)22-10-9-14(18)17(2,3)11-22)23-20-15(19-21-23)13-7-5-4-6-8-13/h4-8,12,14H,9-11,18H2,1-3H3. The van der Waals surface area contributed by atoms with Crippen LogP contribution in [0.5, 0.6) is 0 Å². The molecule has 2 aromatic rings. The highest BCUT2D eigenvalue weighted by Gasteiger charge is 2.37. The van der Waals surface area contributed by atoms with E-state index in [4.69, 9.17) is 5.73 Å². The van der Waals surface area contributed by atoms with E-state index in [9.17, 15) is 4.79 Å². The number of aromatic nitrogens is 4. The molecule has 0 spiro atoms. The van der Waals surface area contributed by atoms with E-state index in [-0.39, 0.29) is 17.4 Å². The summed E-state index contributed by atoms with van der Waals surface area (Å²) < 4.78 is 0. The van der Waals surface area contributed by atoms with Crippen molar-refractivity contribution in [3.8, 4) is 11.4 Å². The van der Waals surface area contributed by atoms with Crippen LogP contribution in [0.25, 0.3) is 11.4 Å². The summed E-state index contributed by atoms with van der Waals surface area (Å²) in [5, 5.41) is 12.5. The Morgan fingerprint density at radius 1 is 1.33 bits per heavy atom. The summed E-state index contributed by atoms with van der Waals surface area (Å²) in [6.45, 7) is 7.33.